The van der Waals surface area contributed by atoms with E-state index in [1.807, 2.05) is 19.0 Å². The first-order chi connectivity index (χ1) is 12.8. The standard InChI is InChI=1S/C18H23FN2O3.CH2O2/c1-20(2)12-15-11-18(17(23)24-15)7-9-21(10-8-18)16(22)13-3-5-14(19)6-4-13;2-1-3/h3-6,15H,7-12H2,1-2H3;1H,(H,2,3). The Morgan fingerprint density at radius 3 is 2.41 bits per heavy atom. The maximum Gasteiger partial charge on any atom is 0.312 e. The van der Waals surface area contributed by atoms with E-state index in [2.05, 4.69) is 0 Å². The number of carbonyl (C=O) groups is 3. The number of carboxylic acid groups (broad SMARTS) is 1. The Hall–Kier alpha value is -2.48. The lowest BCUT2D eigenvalue weighted by atomic mass is 9.76. The fourth-order valence-corrected chi connectivity index (χ4v) is 3.67. The highest BCUT2D eigenvalue weighted by Gasteiger charge is 2.50. The summed E-state index contributed by atoms with van der Waals surface area (Å²) in [5.41, 5.74) is 0.0344. The fourth-order valence-electron chi connectivity index (χ4n) is 3.67. The third-order valence-electron chi connectivity index (χ3n) is 4.99. The monoisotopic (exact) mass is 380 g/mol. The number of nitrogens with zero attached hydrogens (tertiary/aromatic N) is 2. The van der Waals surface area contributed by atoms with Crippen molar-refractivity contribution in [3.8, 4) is 0 Å². The van der Waals surface area contributed by atoms with Gasteiger partial charge in [0.25, 0.3) is 12.4 Å². The van der Waals surface area contributed by atoms with Crippen LogP contribution in [0.2, 0.25) is 0 Å². The molecule has 148 valence electrons. The number of likely N-dealkylation sites (N-methyl/N-ethyl adjacent to an activating group) is 1. The van der Waals surface area contributed by atoms with Gasteiger partial charge in [0.05, 0.1) is 5.41 Å². The Balaban J connectivity index is 0.000000817. The van der Waals surface area contributed by atoms with Crippen LogP contribution >= 0.6 is 0 Å². The van der Waals surface area contributed by atoms with Crippen LogP contribution in [0.15, 0.2) is 24.3 Å². The number of benzene rings is 1. The average molecular weight is 380 g/mol. The zero-order chi connectivity index (χ0) is 20.0. The first-order valence-electron chi connectivity index (χ1n) is 8.80. The van der Waals surface area contributed by atoms with E-state index in [-0.39, 0.29) is 30.3 Å². The summed E-state index contributed by atoms with van der Waals surface area (Å²) in [6.45, 7) is 1.53. The number of cyclic esters (lactones) is 1. The lowest BCUT2D eigenvalue weighted by molar-refractivity contribution is -0.150. The normalized spacial score (nSPS) is 20.8. The number of hydrogen-bond donors (Lipinski definition) is 1. The predicted octanol–water partition coefficient (Wildman–Crippen LogP) is 1.63. The average Bonchev–Trinajstić information content (AvgIpc) is 2.90. The zero-order valence-corrected chi connectivity index (χ0v) is 15.6. The van der Waals surface area contributed by atoms with Crippen molar-refractivity contribution in [2.45, 2.75) is 25.4 Å². The number of likely N-dealkylation sites (tertiary alicyclic amines) is 1. The highest BCUT2D eigenvalue weighted by atomic mass is 19.1. The first kappa shape index (κ1) is 20.8. The molecule has 2 aliphatic heterocycles. The van der Waals surface area contributed by atoms with Gasteiger partial charge in [-0.3, -0.25) is 14.4 Å². The van der Waals surface area contributed by atoms with Gasteiger partial charge in [-0.25, -0.2) is 4.39 Å². The Labute approximate surface area is 157 Å². The van der Waals surface area contributed by atoms with Crippen LogP contribution in [0.25, 0.3) is 0 Å². The van der Waals surface area contributed by atoms with Gasteiger partial charge in [-0.05, 0) is 51.2 Å². The molecule has 1 amide bonds. The maximum absolute atomic E-state index is 13.0. The SMILES string of the molecule is CN(C)CC1CC2(CCN(C(=O)c3ccc(F)cc3)CC2)C(=O)O1.O=CO. The second-order valence-electron chi connectivity index (χ2n) is 7.18. The molecule has 1 spiro atoms. The Morgan fingerprint density at radius 1 is 1.33 bits per heavy atom. The minimum absolute atomic E-state index is 0.0631. The molecule has 1 unspecified atom stereocenters. The van der Waals surface area contributed by atoms with Crippen molar-refractivity contribution < 1.29 is 28.6 Å². The van der Waals surface area contributed by atoms with Crippen molar-refractivity contribution in [2.24, 2.45) is 5.41 Å². The van der Waals surface area contributed by atoms with Crippen LogP contribution in [0.3, 0.4) is 0 Å². The summed E-state index contributed by atoms with van der Waals surface area (Å²) in [6, 6.07) is 5.58. The van der Waals surface area contributed by atoms with E-state index in [1.54, 1.807) is 4.90 Å². The number of ether oxygens (including phenoxy) is 1. The van der Waals surface area contributed by atoms with Gasteiger partial charge in [0.15, 0.2) is 0 Å². The van der Waals surface area contributed by atoms with Gasteiger partial charge in [0.1, 0.15) is 11.9 Å². The summed E-state index contributed by atoms with van der Waals surface area (Å²) >= 11 is 0. The van der Waals surface area contributed by atoms with E-state index in [4.69, 9.17) is 14.6 Å². The number of piperidine rings is 1. The molecular weight excluding hydrogens is 355 g/mol. The molecule has 1 aromatic carbocycles. The van der Waals surface area contributed by atoms with Gasteiger partial charge in [0.2, 0.25) is 0 Å². The molecule has 0 aromatic heterocycles. The molecule has 3 rings (SSSR count). The van der Waals surface area contributed by atoms with Gasteiger partial charge in [-0.1, -0.05) is 0 Å². The molecule has 0 aliphatic carbocycles. The molecule has 1 aromatic rings. The largest absolute Gasteiger partial charge is 0.483 e. The van der Waals surface area contributed by atoms with Crippen LogP contribution < -0.4 is 0 Å². The highest BCUT2D eigenvalue weighted by Crippen LogP contribution is 2.43. The highest BCUT2D eigenvalue weighted by molar-refractivity contribution is 5.94. The van der Waals surface area contributed by atoms with E-state index in [0.717, 1.165) is 13.0 Å². The number of hydrogen-bond acceptors (Lipinski definition) is 5. The van der Waals surface area contributed by atoms with Crippen molar-refractivity contribution in [1.82, 2.24) is 9.80 Å². The first-order valence-corrected chi connectivity index (χ1v) is 8.80. The smallest absolute Gasteiger partial charge is 0.312 e. The van der Waals surface area contributed by atoms with E-state index in [1.165, 1.54) is 24.3 Å². The molecule has 2 saturated heterocycles. The molecule has 1 N–H and O–H groups in total. The Kier molecular flexibility index (Phi) is 6.90. The predicted molar refractivity (Wildman–Crippen MR) is 95.7 cm³/mol. The number of rotatable bonds is 3. The number of esters is 1. The van der Waals surface area contributed by atoms with Crippen molar-refractivity contribution in [3.63, 3.8) is 0 Å². The summed E-state index contributed by atoms with van der Waals surface area (Å²) in [5, 5.41) is 6.89. The van der Waals surface area contributed by atoms with Crippen LogP contribution in [0, 0.1) is 11.2 Å². The Morgan fingerprint density at radius 2 is 1.89 bits per heavy atom. The van der Waals surface area contributed by atoms with Crippen LogP contribution in [0.5, 0.6) is 0 Å². The van der Waals surface area contributed by atoms with Gasteiger partial charge >= 0.3 is 5.97 Å². The van der Waals surface area contributed by atoms with E-state index >= 15 is 0 Å². The van der Waals surface area contributed by atoms with Crippen LogP contribution in [0.4, 0.5) is 4.39 Å². The molecule has 2 fully saturated rings. The third-order valence-corrected chi connectivity index (χ3v) is 4.99. The minimum Gasteiger partial charge on any atom is -0.483 e. The van der Waals surface area contributed by atoms with Crippen molar-refractivity contribution >= 4 is 18.3 Å². The topological polar surface area (TPSA) is 87.2 Å². The van der Waals surface area contributed by atoms with Gasteiger partial charge in [-0.2, -0.15) is 0 Å². The van der Waals surface area contributed by atoms with Crippen LogP contribution in [0.1, 0.15) is 29.6 Å². The number of amides is 1. The summed E-state index contributed by atoms with van der Waals surface area (Å²) in [6.07, 6.45) is 1.92. The van der Waals surface area contributed by atoms with Gasteiger partial charge in [-0.15, -0.1) is 0 Å². The molecule has 8 heteroatoms. The molecule has 7 nitrogen and oxygen atoms in total. The number of carbonyl (C=O) groups excluding carboxylic acids is 2. The van der Waals surface area contributed by atoms with E-state index < -0.39 is 5.41 Å². The molecule has 2 aliphatic rings. The van der Waals surface area contributed by atoms with Gasteiger partial charge in [0, 0.05) is 31.6 Å². The summed E-state index contributed by atoms with van der Waals surface area (Å²) in [4.78, 5) is 36.9. The lowest BCUT2D eigenvalue weighted by Gasteiger charge is -2.36. The van der Waals surface area contributed by atoms with Crippen LogP contribution in [-0.4, -0.2) is 73.1 Å². The molecule has 0 saturated carbocycles. The number of halogens is 1. The molecule has 0 radical (unpaired) electrons. The quantitative estimate of drug-likeness (QED) is 0.634. The third kappa shape index (κ3) is 5.03. The van der Waals surface area contributed by atoms with Crippen molar-refractivity contribution in [1.29, 1.82) is 0 Å². The lowest BCUT2D eigenvalue weighted by Crippen LogP contribution is -2.45. The Bertz CT molecular complexity index is 669. The summed E-state index contributed by atoms with van der Waals surface area (Å²) < 4.78 is 18.5. The molecule has 2 heterocycles. The van der Waals surface area contributed by atoms with Gasteiger partial charge < -0.3 is 19.6 Å². The fraction of sp³-hybridized carbons (Fsp3) is 0.526. The van der Waals surface area contributed by atoms with E-state index in [0.29, 0.717) is 31.5 Å². The summed E-state index contributed by atoms with van der Waals surface area (Å²) in [5.74, 6) is -0.589. The van der Waals surface area contributed by atoms with Crippen LogP contribution in [-0.2, 0) is 14.3 Å². The second kappa shape index (κ2) is 8.94. The molecule has 0 bridgehead atoms. The van der Waals surface area contributed by atoms with Crippen molar-refractivity contribution in [2.75, 3.05) is 33.7 Å². The molecule has 1 atom stereocenters. The zero-order valence-electron chi connectivity index (χ0n) is 15.6. The molecular formula is C19H25FN2O5. The maximum atomic E-state index is 13.0. The summed E-state index contributed by atoms with van der Waals surface area (Å²) in [7, 11) is 3.92. The van der Waals surface area contributed by atoms with E-state index in [9.17, 15) is 14.0 Å². The minimum atomic E-state index is -0.444. The second-order valence-corrected chi connectivity index (χ2v) is 7.18. The molecule has 27 heavy (non-hydrogen) atoms. The van der Waals surface area contributed by atoms with Crippen molar-refractivity contribution in [3.05, 3.63) is 35.6 Å².